The monoisotopic (exact) mass is 479 g/mol. The van der Waals surface area contributed by atoms with Crippen molar-refractivity contribution in [3.8, 4) is 17.0 Å². The minimum absolute atomic E-state index is 0.153. The highest BCUT2D eigenvalue weighted by atomic mass is 19.4. The number of pyridine rings is 2. The predicted octanol–water partition coefficient (Wildman–Crippen LogP) is 5.50. The standard InChI is InChI=1S/C23H15F6N3O2/c1-34-22-16(23(27,28)29)7-13(10-31-22)32-21(33)6-11-5-19(26)14(8-18(11)25)12-4-15-17(24)2-3-20(15)30-9-12/h2,4-5,7-10H,3,6H2,1H3,(H,32,33). The first kappa shape index (κ1) is 23.3. The summed E-state index contributed by atoms with van der Waals surface area (Å²) < 4.78 is 87.1. The van der Waals surface area contributed by atoms with Gasteiger partial charge in [0.2, 0.25) is 11.8 Å². The van der Waals surface area contributed by atoms with Gasteiger partial charge in [-0.3, -0.25) is 9.78 Å². The Morgan fingerprint density at radius 2 is 1.79 bits per heavy atom. The van der Waals surface area contributed by atoms with E-state index < -0.39 is 47.4 Å². The van der Waals surface area contributed by atoms with Crippen LogP contribution in [0.5, 0.6) is 5.88 Å². The normalized spacial score (nSPS) is 12.9. The van der Waals surface area contributed by atoms with Gasteiger partial charge in [-0.15, -0.1) is 0 Å². The lowest BCUT2D eigenvalue weighted by Crippen LogP contribution is -2.17. The fourth-order valence-corrected chi connectivity index (χ4v) is 3.52. The van der Waals surface area contributed by atoms with Crippen LogP contribution in [-0.2, 0) is 23.8 Å². The van der Waals surface area contributed by atoms with Crippen molar-refractivity contribution in [2.75, 3.05) is 12.4 Å². The summed E-state index contributed by atoms with van der Waals surface area (Å²) in [7, 11) is 1.02. The van der Waals surface area contributed by atoms with Crippen LogP contribution < -0.4 is 10.1 Å². The van der Waals surface area contributed by atoms with E-state index in [9.17, 15) is 31.1 Å². The van der Waals surface area contributed by atoms with Crippen LogP contribution in [0.1, 0.15) is 22.4 Å². The van der Waals surface area contributed by atoms with E-state index in [4.69, 9.17) is 0 Å². The second kappa shape index (κ2) is 8.81. The van der Waals surface area contributed by atoms with Crippen LogP contribution in [0.2, 0.25) is 0 Å². The number of anilines is 1. The number of ether oxygens (including phenoxy) is 1. The molecule has 5 nitrogen and oxygen atoms in total. The van der Waals surface area contributed by atoms with Gasteiger partial charge in [0.15, 0.2) is 0 Å². The van der Waals surface area contributed by atoms with Crippen LogP contribution >= 0.6 is 0 Å². The van der Waals surface area contributed by atoms with Crippen molar-refractivity contribution in [2.24, 2.45) is 0 Å². The Bertz CT molecular complexity index is 1320. The molecule has 2 heterocycles. The summed E-state index contributed by atoms with van der Waals surface area (Å²) in [6.45, 7) is 0. The maximum atomic E-state index is 14.7. The van der Waals surface area contributed by atoms with Gasteiger partial charge in [0.25, 0.3) is 0 Å². The van der Waals surface area contributed by atoms with Crippen LogP contribution in [0, 0.1) is 11.6 Å². The Balaban J connectivity index is 1.54. The summed E-state index contributed by atoms with van der Waals surface area (Å²) in [5, 5.41) is 2.18. The van der Waals surface area contributed by atoms with Gasteiger partial charge < -0.3 is 10.1 Å². The number of rotatable bonds is 5. The minimum atomic E-state index is -4.78. The molecule has 4 rings (SSSR count). The van der Waals surface area contributed by atoms with Crippen molar-refractivity contribution in [3.63, 3.8) is 0 Å². The third-order valence-electron chi connectivity index (χ3n) is 5.13. The molecule has 1 N–H and O–H groups in total. The Morgan fingerprint density at radius 1 is 1.03 bits per heavy atom. The van der Waals surface area contributed by atoms with Gasteiger partial charge in [0.05, 0.1) is 31.1 Å². The first-order valence-electron chi connectivity index (χ1n) is 9.81. The molecule has 0 bridgehead atoms. The fourth-order valence-electron chi connectivity index (χ4n) is 3.52. The first-order valence-corrected chi connectivity index (χ1v) is 9.81. The van der Waals surface area contributed by atoms with Crippen LogP contribution in [0.15, 0.2) is 42.7 Å². The Hall–Kier alpha value is -3.89. The number of alkyl halides is 3. The van der Waals surface area contributed by atoms with E-state index in [1.165, 1.54) is 18.3 Å². The molecular formula is C23H15F6N3O2. The molecular weight excluding hydrogens is 464 g/mol. The second-order valence-corrected chi connectivity index (χ2v) is 7.40. The van der Waals surface area contributed by atoms with Gasteiger partial charge >= 0.3 is 6.18 Å². The van der Waals surface area contributed by atoms with E-state index >= 15 is 0 Å². The lowest BCUT2D eigenvalue weighted by Gasteiger charge is -2.13. The van der Waals surface area contributed by atoms with Crippen molar-refractivity contribution in [1.82, 2.24) is 9.97 Å². The first-order chi connectivity index (χ1) is 16.1. The molecule has 0 spiro atoms. The lowest BCUT2D eigenvalue weighted by atomic mass is 10.0. The molecule has 2 aromatic heterocycles. The molecule has 0 saturated heterocycles. The minimum Gasteiger partial charge on any atom is -0.481 e. The smallest absolute Gasteiger partial charge is 0.421 e. The van der Waals surface area contributed by atoms with Crippen molar-refractivity contribution >= 4 is 17.4 Å². The molecule has 1 aliphatic rings. The largest absolute Gasteiger partial charge is 0.481 e. The Morgan fingerprint density at radius 3 is 2.50 bits per heavy atom. The summed E-state index contributed by atoms with van der Waals surface area (Å²) in [6.07, 6.45) is -1.56. The highest BCUT2D eigenvalue weighted by molar-refractivity contribution is 5.92. The zero-order valence-corrected chi connectivity index (χ0v) is 17.4. The van der Waals surface area contributed by atoms with Gasteiger partial charge in [-0.2, -0.15) is 13.2 Å². The molecule has 0 unspecified atom stereocenters. The van der Waals surface area contributed by atoms with Crippen LogP contribution in [0.3, 0.4) is 0 Å². The molecule has 0 aliphatic heterocycles. The second-order valence-electron chi connectivity index (χ2n) is 7.40. The number of nitrogens with one attached hydrogen (secondary N) is 1. The third kappa shape index (κ3) is 4.59. The summed E-state index contributed by atoms with van der Waals surface area (Å²) in [6, 6.07) is 3.64. The molecule has 0 atom stereocenters. The molecule has 34 heavy (non-hydrogen) atoms. The molecule has 1 aromatic carbocycles. The van der Waals surface area contributed by atoms with E-state index in [2.05, 4.69) is 20.0 Å². The van der Waals surface area contributed by atoms with E-state index in [0.717, 1.165) is 25.4 Å². The number of allylic oxidation sites excluding steroid dienone is 1. The van der Waals surface area contributed by atoms with Crippen molar-refractivity contribution in [1.29, 1.82) is 0 Å². The summed E-state index contributed by atoms with van der Waals surface area (Å²) in [5.41, 5.74) is -1.16. The Kier molecular flexibility index (Phi) is 6.03. The van der Waals surface area contributed by atoms with Gasteiger partial charge in [-0.25, -0.2) is 18.2 Å². The molecule has 1 amide bonds. The number of aromatic nitrogens is 2. The van der Waals surface area contributed by atoms with Crippen LogP contribution in [0.4, 0.5) is 32.0 Å². The van der Waals surface area contributed by atoms with Gasteiger partial charge in [0.1, 0.15) is 23.0 Å². The molecule has 176 valence electrons. The SMILES string of the molecule is COc1ncc(NC(=O)Cc2cc(F)c(-c3cnc4c(c3)C(F)=CC4)cc2F)cc1C(F)(F)F. The third-order valence-corrected chi connectivity index (χ3v) is 5.13. The molecule has 11 heteroatoms. The summed E-state index contributed by atoms with van der Waals surface area (Å²) >= 11 is 0. The van der Waals surface area contributed by atoms with Gasteiger partial charge in [-0.05, 0) is 30.3 Å². The highest BCUT2D eigenvalue weighted by Gasteiger charge is 2.35. The van der Waals surface area contributed by atoms with E-state index in [-0.39, 0.29) is 27.9 Å². The van der Waals surface area contributed by atoms with E-state index in [1.807, 2.05) is 0 Å². The van der Waals surface area contributed by atoms with Crippen LogP contribution in [0.25, 0.3) is 17.0 Å². The van der Waals surface area contributed by atoms with E-state index in [0.29, 0.717) is 18.2 Å². The number of hydrogen-bond donors (Lipinski definition) is 1. The maximum Gasteiger partial charge on any atom is 0.421 e. The number of carbonyl (C=O) groups excluding carboxylic acids is 1. The number of carbonyl (C=O) groups is 1. The number of benzene rings is 1. The molecule has 0 radical (unpaired) electrons. The lowest BCUT2D eigenvalue weighted by molar-refractivity contribution is -0.139. The van der Waals surface area contributed by atoms with Gasteiger partial charge in [-0.1, -0.05) is 0 Å². The number of amides is 1. The zero-order valence-electron chi connectivity index (χ0n) is 17.4. The molecule has 0 fully saturated rings. The Labute approximate surface area is 189 Å². The number of halogens is 6. The molecule has 0 saturated carbocycles. The van der Waals surface area contributed by atoms with E-state index in [1.54, 1.807) is 0 Å². The predicted molar refractivity (Wildman–Crippen MR) is 111 cm³/mol. The summed E-state index contributed by atoms with van der Waals surface area (Å²) in [5.74, 6) is -3.87. The number of methoxy groups -OCH3 is 1. The maximum absolute atomic E-state index is 14.7. The average molecular weight is 479 g/mol. The number of fused-ring (bicyclic) bond motifs is 1. The zero-order chi connectivity index (χ0) is 24.6. The van der Waals surface area contributed by atoms with Crippen molar-refractivity contribution in [2.45, 2.75) is 19.0 Å². The fraction of sp³-hybridized carbons (Fsp3) is 0.174. The van der Waals surface area contributed by atoms with Crippen LogP contribution in [-0.4, -0.2) is 23.0 Å². The number of nitrogens with zero attached hydrogens (tertiary/aromatic N) is 2. The summed E-state index contributed by atoms with van der Waals surface area (Å²) in [4.78, 5) is 19.9. The average Bonchev–Trinajstić information content (AvgIpc) is 3.15. The molecule has 3 aromatic rings. The van der Waals surface area contributed by atoms with Crippen molar-refractivity contribution in [3.05, 3.63) is 76.8 Å². The topological polar surface area (TPSA) is 64.1 Å². The van der Waals surface area contributed by atoms with Gasteiger partial charge in [0, 0.05) is 34.9 Å². The highest BCUT2D eigenvalue weighted by Crippen LogP contribution is 2.36. The molecule has 1 aliphatic carbocycles. The van der Waals surface area contributed by atoms with Crippen molar-refractivity contribution < 1.29 is 35.9 Å². The number of hydrogen-bond acceptors (Lipinski definition) is 4. The quantitative estimate of drug-likeness (QED) is 0.491.